The summed E-state index contributed by atoms with van der Waals surface area (Å²) in [7, 11) is 0. The van der Waals surface area contributed by atoms with E-state index in [1.54, 1.807) is 0 Å². The zero-order chi connectivity index (χ0) is 12.5. The van der Waals surface area contributed by atoms with Crippen molar-refractivity contribution in [3.05, 3.63) is 35.5 Å². The lowest BCUT2D eigenvalue weighted by atomic mass is 10.1. The number of rotatable bonds is 3. The van der Waals surface area contributed by atoms with Crippen LogP contribution in [0.3, 0.4) is 0 Å². The molecule has 0 saturated heterocycles. The number of aromatic amines is 1. The topological polar surface area (TPSA) is 26.2 Å². The highest BCUT2D eigenvalue weighted by Crippen LogP contribution is 2.31. The first-order chi connectivity index (χ1) is 8.75. The molecule has 0 fully saturated rings. The Bertz CT molecular complexity index is 573. The SMILES string of the molecule is CC(C)CNc1c2c([nH+]c3ccccc13)CCC2. The van der Waals surface area contributed by atoms with E-state index in [4.69, 9.17) is 0 Å². The number of pyridine rings is 1. The van der Waals surface area contributed by atoms with Crippen molar-refractivity contribution in [2.45, 2.75) is 33.1 Å². The number of H-pyrrole nitrogens is 1. The van der Waals surface area contributed by atoms with E-state index in [2.05, 4.69) is 48.4 Å². The fourth-order valence-corrected chi connectivity index (χ4v) is 2.80. The van der Waals surface area contributed by atoms with Gasteiger partial charge in [0, 0.05) is 24.6 Å². The number of aryl methyl sites for hydroxylation is 1. The third-order valence-corrected chi connectivity index (χ3v) is 3.69. The molecule has 0 radical (unpaired) electrons. The molecule has 1 aliphatic carbocycles. The van der Waals surface area contributed by atoms with Gasteiger partial charge in [0.05, 0.1) is 11.1 Å². The number of aromatic nitrogens is 1. The van der Waals surface area contributed by atoms with Crippen molar-refractivity contribution < 1.29 is 4.98 Å². The molecule has 3 rings (SSSR count). The molecule has 1 aliphatic rings. The second-order valence-electron chi connectivity index (χ2n) is 5.63. The summed E-state index contributed by atoms with van der Waals surface area (Å²) in [6.07, 6.45) is 3.67. The van der Waals surface area contributed by atoms with E-state index in [1.165, 1.54) is 47.1 Å². The van der Waals surface area contributed by atoms with Crippen LogP contribution >= 0.6 is 0 Å². The van der Waals surface area contributed by atoms with Crippen LogP contribution in [0, 0.1) is 5.92 Å². The highest BCUT2D eigenvalue weighted by atomic mass is 14.9. The van der Waals surface area contributed by atoms with Gasteiger partial charge in [0.15, 0.2) is 5.69 Å². The van der Waals surface area contributed by atoms with Crippen LogP contribution in [0.1, 0.15) is 31.5 Å². The van der Waals surface area contributed by atoms with Gasteiger partial charge < -0.3 is 5.32 Å². The normalized spacial score (nSPS) is 14.2. The molecule has 2 N–H and O–H groups in total. The number of nitrogens with one attached hydrogen (secondary N) is 2. The molecule has 1 aromatic heterocycles. The first-order valence-electron chi connectivity index (χ1n) is 6.95. The van der Waals surface area contributed by atoms with Gasteiger partial charge in [0.1, 0.15) is 0 Å². The second-order valence-corrected chi connectivity index (χ2v) is 5.63. The molecule has 1 aromatic carbocycles. The largest absolute Gasteiger partial charge is 0.384 e. The first-order valence-corrected chi connectivity index (χ1v) is 6.95. The molecule has 0 unspecified atom stereocenters. The van der Waals surface area contributed by atoms with E-state index in [-0.39, 0.29) is 0 Å². The number of hydrogen-bond acceptors (Lipinski definition) is 1. The van der Waals surface area contributed by atoms with Crippen molar-refractivity contribution in [3.63, 3.8) is 0 Å². The van der Waals surface area contributed by atoms with Gasteiger partial charge in [-0.25, -0.2) is 4.98 Å². The zero-order valence-corrected chi connectivity index (χ0v) is 11.2. The van der Waals surface area contributed by atoms with Crippen LogP contribution in [-0.2, 0) is 12.8 Å². The van der Waals surface area contributed by atoms with Crippen molar-refractivity contribution in [1.29, 1.82) is 0 Å². The smallest absolute Gasteiger partial charge is 0.213 e. The van der Waals surface area contributed by atoms with Gasteiger partial charge in [-0.05, 0) is 24.8 Å². The average molecular weight is 241 g/mol. The number of para-hydroxylation sites is 1. The van der Waals surface area contributed by atoms with Crippen molar-refractivity contribution >= 4 is 16.6 Å². The van der Waals surface area contributed by atoms with Crippen LogP contribution < -0.4 is 10.3 Å². The lowest BCUT2D eigenvalue weighted by Gasteiger charge is -2.13. The maximum Gasteiger partial charge on any atom is 0.213 e. The van der Waals surface area contributed by atoms with Gasteiger partial charge >= 0.3 is 0 Å². The van der Waals surface area contributed by atoms with Gasteiger partial charge in [0.2, 0.25) is 5.52 Å². The fourth-order valence-electron chi connectivity index (χ4n) is 2.80. The van der Waals surface area contributed by atoms with Crippen LogP contribution in [-0.4, -0.2) is 6.54 Å². The Morgan fingerprint density at radius 2 is 2.06 bits per heavy atom. The van der Waals surface area contributed by atoms with Crippen molar-refractivity contribution in [2.24, 2.45) is 5.92 Å². The maximum atomic E-state index is 3.67. The van der Waals surface area contributed by atoms with Gasteiger partial charge in [-0.15, -0.1) is 0 Å². The lowest BCUT2D eigenvalue weighted by molar-refractivity contribution is -0.356. The summed E-state index contributed by atoms with van der Waals surface area (Å²) in [5.41, 5.74) is 5.56. The standard InChI is InChI=1S/C16H20N2/c1-11(2)10-17-16-12-6-3-4-8-14(12)18-15-9-5-7-13(15)16/h3-4,6,8,11H,5,7,9-10H2,1-2H3,(H,17,18)/p+1. The Morgan fingerprint density at radius 3 is 2.89 bits per heavy atom. The van der Waals surface area contributed by atoms with Gasteiger partial charge in [0.25, 0.3) is 0 Å². The minimum Gasteiger partial charge on any atom is -0.384 e. The molecule has 0 bridgehead atoms. The number of benzene rings is 1. The van der Waals surface area contributed by atoms with Gasteiger partial charge in [-0.1, -0.05) is 26.0 Å². The van der Waals surface area contributed by atoms with Crippen LogP contribution in [0.4, 0.5) is 5.69 Å². The summed E-state index contributed by atoms with van der Waals surface area (Å²) in [5.74, 6) is 0.671. The fraction of sp³-hybridized carbons (Fsp3) is 0.438. The summed E-state index contributed by atoms with van der Waals surface area (Å²) < 4.78 is 0. The summed E-state index contributed by atoms with van der Waals surface area (Å²) in [5, 5.41) is 5.00. The number of hydrogen-bond donors (Lipinski definition) is 1. The summed E-state index contributed by atoms with van der Waals surface area (Å²) in [4.78, 5) is 3.60. The molecule has 0 spiro atoms. The lowest BCUT2D eigenvalue weighted by Crippen LogP contribution is -2.16. The molecule has 18 heavy (non-hydrogen) atoms. The molecule has 0 saturated carbocycles. The van der Waals surface area contributed by atoms with E-state index in [1.807, 2.05) is 0 Å². The minimum absolute atomic E-state index is 0.671. The first kappa shape index (κ1) is 11.5. The Morgan fingerprint density at radius 1 is 1.22 bits per heavy atom. The van der Waals surface area contributed by atoms with Crippen LogP contribution in [0.2, 0.25) is 0 Å². The molecular weight excluding hydrogens is 220 g/mol. The maximum absolute atomic E-state index is 3.67. The second kappa shape index (κ2) is 4.60. The minimum atomic E-state index is 0.671. The monoisotopic (exact) mass is 241 g/mol. The van der Waals surface area contributed by atoms with Crippen molar-refractivity contribution in [2.75, 3.05) is 11.9 Å². The molecule has 1 heterocycles. The van der Waals surface area contributed by atoms with E-state index < -0.39 is 0 Å². The van der Waals surface area contributed by atoms with E-state index >= 15 is 0 Å². The van der Waals surface area contributed by atoms with E-state index in [0.717, 1.165) is 6.54 Å². The Labute approximate surface area is 108 Å². The third-order valence-electron chi connectivity index (χ3n) is 3.69. The molecular formula is C16H21N2+. The van der Waals surface area contributed by atoms with Crippen LogP contribution in [0.5, 0.6) is 0 Å². The highest BCUT2D eigenvalue weighted by Gasteiger charge is 2.24. The van der Waals surface area contributed by atoms with Crippen molar-refractivity contribution in [3.8, 4) is 0 Å². The molecule has 2 nitrogen and oxygen atoms in total. The molecule has 94 valence electrons. The molecule has 0 aliphatic heterocycles. The summed E-state index contributed by atoms with van der Waals surface area (Å²) >= 11 is 0. The third kappa shape index (κ3) is 1.96. The molecule has 2 heteroatoms. The van der Waals surface area contributed by atoms with Gasteiger partial charge in [-0.3, -0.25) is 0 Å². The Hall–Kier alpha value is -1.57. The predicted octanol–water partition coefficient (Wildman–Crippen LogP) is 3.21. The van der Waals surface area contributed by atoms with Crippen LogP contribution in [0.25, 0.3) is 10.9 Å². The zero-order valence-electron chi connectivity index (χ0n) is 11.2. The van der Waals surface area contributed by atoms with Crippen LogP contribution in [0.15, 0.2) is 24.3 Å². The van der Waals surface area contributed by atoms with E-state index in [9.17, 15) is 0 Å². The summed E-state index contributed by atoms with van der Waals surface area (Å²) in [6.45, 7) is 5.55. The quantitative estimate of drug-likeness (QED) is 0.877. The average Bonchev–Trinajstić information content (AvgIpc) is 2.82. The highest BCUT2D eigenvalue weighted by molar-refractivity contribution is 5.91. The van der Waals surface area contributed by atoms with E-state index in [0.29, 0.717) is 5.92 Å². The molecule has 0 atom stereocenters. The summed E-state index contributed by atoms with van der Waals surface area (Å²) in [6, 6.07) is 8.62. The number of anilines is 1. The predicted molar refractivity (Wildman–Crippen MR) is 75.9 cm³/mol. The molecule has 2 aromatic rings. The molecule has 0 amide bonds. The van der Waals surface area contributed by atoms with Gasteiger partial charge in [-0.2, -0.15) is 0 Å². The Balaban J connectivity index is 2.13. The number of fused-ring (bicyclic) bond motifs is 2. The van der Waals surface area contributed by atoms with Crippen molar-refractivity contribution in [1.82, 2.24) is 0 Å². The Kier molecular flexibility index (Phi) is 2.94.